The molecule has 5 rings (SSSR count). The molecule has 1 N–H and O–H groups in total. The molecule has 0 bridgehead atoms. The third kappa shape index (κ3) is 3.95. The molecule has 0 spiro atoms. The Morgan fingerprint density at radius 3 is 2.35 bits per heavy atom. The Labute approximate surface area is 182 Å². The minimum Gasteiger partial charge on any atom is -0.341 e. The summed E-state index contributed by atoms with van der Waals surface area (Å²) in [5.41, 5.74) is 2.05. The van der Waals surface area contributed by atoms with Crippen molar-refractivity contribution in [1.29, 1.82) is 0 Å². The fourth-order valence-corrected chi connectivity index (χ4v) is 5.95. The number of carbonyl (C=O) groups excluding carboxylic acids is 2. The van der Waals surface area contributed by atoms with Gasteiger partial charge in [-0.3, -0.25) is 19.1 Å². The number of rotatable bonds is 4. The standard InChI is InChI=1S/C24H32N4O3/c1-16(29)17-6-7-22-21(12-17)25-24(31)28(22)20-8-10-26(11-9-20)15-23(30)27-13-18-4-2-3-5-19(18)14-27/h6-7,12,18-20H,2-5,8-11,13-15H2,1H3,(H,25,31). The minimum atomic E-state index is -0.120. The van der Waals surface area contributed by atoms with E-state index in [4.69, 9.17) is 0 Å². The molecule has 1 aliphatic carbocycles. The van der Waals surface area contributed by atoms with Crippen molar-refractivity contribution in [3.63, 3.8) is 0 Å². The smallest absolute Gasteiger partial charge is 0.326 e. The summed E-state index contributed by atoms with van der Waals surface area (Å²) in [6, 6.07) is 5.53. The maximum atomic E-state index is 12.9. The van der Waals surface area contributed by atoms with Gasteiger partial charge >= 0.3 is 5.69 Å². The number of hydrogen-bond acceptors (Lipinski definition) is 4. The Morgan fingerprint density at radius 2 is 1.71 bits per heavy atom. The molecule has 0 radical (unpaired) electrons. The number of Topliss-reactive ketones (excluding diaryl/α,β-unsaturated/α-hetero) is 1. The minimum absolute atomic E-state index is 0.00858. The van der Waals surface area contributed by atoms with Crippen LogP contribution in [0.25, 0.3) is 11.0 Å². The highest BCUT2D eigenvalue weighted by atomic mass is 16.2. The SMILES string of the molecule is CC(=O)c1ccc2c(c1)[nH]c(=O)n2C1CCN(CC(=O)N2CC3CCCCC3C2)CC1. The van der Waals surface area contributed by atoms with Gasteiger partial charge in [0, 0.05) is 37.8 Å². The van der Waals surface area contributed by atoms with Crippen molar-refractivity contribution in [1.82, 2.24) is 19.4 Å². The number of H-pyrrole nitrogens is 1. The van der Waals surface area contributed by atoms with Gasteiger partial charge in [-0.05, 0) is 62.6 Å². The summed E-state index contributed by atoms with van der Waals surface area (Å²) in [5.74, 6) is 1.71. The number of amides is 1. The van der Waals surface area contributed by atoms with Crippen LogP contribution in [0.3, 0.4) is 0 Å². The molecule has 3 fully saturated rings. The fraction of sp³-hybridized carbons (Fsp3) is 0.625. The van der Waals surface area contributed by atoms with Crippen LogP contribution in [-0.4, -0.2) is 63.8 Å². The molecule has 2 unspecified atom stereocenters. The van der Waals surface area contributed by atoms with Crippen molar-refractivity contribution in [2.24, 2.45) is 11.8 Å². The number of aromatic amines is 1. The molecule has 2 saturated heterocycles. The Hall–Kier alpha value is -2.41. The highest BCUT2D eigenvalue weighted by Gasteiger charge is 2.37. The maximum Gasteiger partial charge on any atom is 0.326 e. The van der Waals surface area contributed by atoms with Crippen molar-refractivity contribution >= 4 is 22.7 Å². The van der Waals surface area contributed by atoms with Crippen LogP contribution in [0, 0.1) is 11.8 Å². The van der Waals surface area contributed by atoms with Crippen molar-refractivity contribution in [2.75, 3.05) is 32.7 Å². The lowest BCUT2D eigenvalue weighted by atomic mass is 9.82. The lowest BCUT2D eigenvalue weighted by Crippen LogP contribution is -2.43. The zero-order chi connectivity index (χ0) is 21.5. The predicted octanol–water partition coefficient (Wildman–Crippen LogP) is 2.82. The van der Waals surface area contributed by atoms with Gasteiger partial charge in [0.2, 0.25) is 5.91 Å². The summed E-state index contributed by atoms with van der Waals surface area (Å²) >= 11 is 0. The molecular weight excluding hydrogens is 392 g/mol. The van der Waals surface area contributed by atoms with Gasteiger partial charge < -0.3 is 9.88 Å². The monoisotopic (exact) mass is 424 g/mol. The third-order valence-corrected chi connectivity index (χ3v) is 7.73. The summed E-state index contributed by atoms with van der Waals surface area (Å²) in [7, 11) is 0. The van der Waals surface area contributed by atoms with Crippen LogP contribution in [0.5, 0.6) is 0 Å². The molecule has 3 heterocycles. The number of hydrogen-bond donors (Lipinski definition) is 1. The summed E-state index contributed by atoms with van der Waals surface area (Å²) in [6.07, 6.45) is 6.90. The van der Waals surface area contributed by atoms with Gasteiger partial charge in [-0.15, -0.1) is 0 Å². The average molecular weight is 425 g/mol. The van der Waals surface area contributed by atoms with E-state index in [0.29, 0.717) is 17.6 Å². The van der Waals surface area contributed by atoms with Crippen LogP contribution in [0.15, 0.2) is 23.0 Å². The number of aromatic nitrogens is 2. The molecule has 2 aromatic rings. The second kappa shape index (κ2) is 8.26. The highest BCUT2D eigenvalue weighted by molar-refractivity contribution is 5.97. The molecule has 7 heteroatoms. The number of likely N-dealkylation sites (tertiary alicyclic amines) is 2. The van der Waals surface area contributed by atoms with Crippen molar-refractivity contribution < 1.29 is 9.59 Å². The number of nitrogens with one attached hydrogen (secondary N) is 1. The first-order valence-corrected chi connectivity index (χ1v) is 11.7. The molecule has 2 atom stereocenters. The number of carbonyl (C=O) groups is 2. The highest BCUT2D eigenvalue weighted by Crippen LogP contribution is 2.36. The first-order chi connectivity index (χ1) is 15.0. The Balaban J connectivity index is 1.21. The largest absolute Gasteiger partial charge is 0.341 e. The zero-order valence-corrected chi connectivity index (χ0v) is 18.3. The summed E-state index contributed by atoms with van der Waals surface area (Å²) in [6.45, 7) is 5.57. The summed E-state index contributed by atoms with van der Waals surface area (Å²) < 4.78 is 1.84. The molecule has 166 valence electrons. The number of ketones is 1. The Morgan fingerprint density at radius 1 is 1.03 bits per heavy atom. The van der Waals surface area contributed by atoms with Gasteiger partial charge in [-0.1, -0.05) is 12.8 Å². The van der Waals surface area contributed by atoms with Crippen LogP contribution in [-0.2, 0) is 4.79 Å². The number of benzene rings is 1. The topological polar surface area (TPSA) is 78.4 Å². The fourth-order valence-electron chi connectivity index (χ4n) is 5.95. The normalized spacial score (nSPS) is 25.1. The van der Waals surface area contributed by atoms with Gasteiger partial charge in [0.1, 0.15) is 0 Å². The second-order valence-corrected chi connectivity index (χ2v) is 9.70. The van der Waals surface area contributed by atoms with Crippen LogP contribution in [0.2, 0.25) is 0 Å². The summed E-state index contributed by atoms with van der Waals surface area (Å²) in [4.78, 5) is 44.4. The maximum absolute atomic E-state index is 12.9. The van der Waals surface area contributed by atoms with Crippen LogP contribution in [0.4, 0.5) is 0 Å². The van der Waals surface area contributed by atoms with E-state index >= 15 is 0 Å². The number of nitrogens with zero attached hydrogens (tertiary/aromatic N) is 3. The van der Waals surface area contributed by atoms with Gasteiger partial charge in [-0.2, -0.15) is 0 Å². The number of fused-ring (bicyclic) bond motifs is 2. The van der Waals surface area contributed by atoms with E-state index in [2.05, 4.69) is 14.8 Å². The van der Waals surface area contributed by atoms with Gasteiger partial charge in [0.15, 0.2) is 5.78 Å². The van der Waals surface area contributed by atoms with Crippen molar-refractivity contribution in [3.05, 3.63) is 34.2 Å². The molecule has 2 aliphatic heterocycles. The van der Waals surface area contributed by atoms with E-state index in [9.17, 15) is 14.4 Å². The van der Waals surface area contributed by atoms with E-state index in [1.54, 1.807) is 12.1 Å². The Bertz CT molecular complexity index is 1030. The molecule has 1 saturated carbocycles. The summed E-state index contributed by atoms with van der Waals surface area (Å²) in [5, 5.41) is 0. The van der Waals surface area contributed by atoms with Crippen molar-refractivity contribution in [3.8, 4) is 0 Å². The molecular formula is C24H32N4O3. The van der Waals surface area contributed by atoms with Gasteiger partial charge in [-0.25, -0.2) is 4.79 Å². The van der Waals surface area contributed by atoms with E-state index in [1.807, 2.05) is 10.6 Å². The quantitative estimate of drug-likeness (QED) is 0.766. The van der Waals surface area contributed by atoms with Gasteiger partial charge in [0.25, 0.3) is 0 Å². The van der Waals surface area contributed by atoms with E-state index in [0.717, 1.165) is 56.4 Å². The molecule has 31 heavy (non-hydrogen) atoms. The molecule has 1 aromatic heterocycles. The Kier molecular flexibility index (Phi) is 5.46. The third-order valence-electron chi connectivity index (χ3n) is 7.73. The molecule has 1 amide bonds. The molecule has 3 aliphatic rings. The van der Waals surface area contributed by atoms with E-state index in [-0.39, 0.29) is 23.4 Å². The second-order valence-electron chi connectivity index (χ2n) is 9.70. The van der Waals surface area contributed by atoms with Gasteiger partial charge in [0.05, 0.1) is 17.6 Å². The van der Waals surface area contributed by atoms with E-state index in [1.165, 1.54) is 32.6 Å². The molecule has 1 aromatic carbocycles. The lowest BCUT2D eigenvalue weighted by molar-refractivity contribution is -0.132. The van der Waals surface area contributed by atoms with Crippen LogP contribution < -0.4 is 5.69 Å². The van der Waals surface area contributed by atoms with E-state index < -0.39 is 0 Å². The average Bonchev–Trinajstić information content (AvgIpc) is 3.34. The van der Waals surface area contributed by atoms with Crippen molar-refractivity contribution in [2.45, 2.75) is 51.5 Å². The number of imidazole rings is 1. The first-order valence-electron chi connectivity index (χ1n) is 11.7. The molecule has 7 nitrogen and oxygen atoms in total. The predicted molar refractivity (Wildman–Crippen MR) is 119 cm³/mol. The first kappa shape index (κ1) is 20.5. The number of piperidine rings is 1. The lowest BCUT2D eigenvalue weighted by Gasteiger charge is -2.33. The zero-order valence-electron chi connectivity index (χ0n) is 18.3. The van der Waals surface area contributed by atoms with Crippen LogP contribution >= 0.6 is 0 Å². The van der Waals surface area contributed by atoms with Crippen LogP contribution in [0.1, 0.15) is 61.8 Å².